The highest BCUT2D eigenvalue weighted by molar-refractivity contribution is 6.00. The fraction of sp³-hybridized carbons (Fsp3) is 0.400. The molecule has 0 saturated heterocycles. The number of nitrogens with zero attached hydrogens (tertiary/aromatic N) is 1. The van der Waals surface area contributed by atoms with E-state index in [9.17, 15) is 9.59 Å². The Balaban J connectivity index is 2.87. The maximum absolute atomic E-state index is 12.7. The van der Waals surface area contributed by atoms with Gasteiger partial charge in [0.25, 0.3) is 0 Å². The lowest BCUT2D eigenvalue weighted by Crippen LogP contribution is -2.33. The quantitative estimate of drug-likeness (QED) is 0.733. The standard InChI is InChI=1S/C20H25NO6/c1-11-16(19(22)26-6)18(17(20(23)27-7)12(2)21(11)3)14-10-13(24-4)8-9-15(14)25-5/h8-10,18H,1-7H3. The highest BCUT2D eigenvalue weighted by atomic mass is 16.5. The fourth-order valence-electron chi connectivity index (χ4n) is 3.30. The zero-order valence-corrected chi connectivity index (χ0v) is 16.7. The maximum Gasteiger partial charge on any atom is 0.336 e. The smallest absolute Gasteiger partial charge is 0.336 e. The molecule has 0 fully saturated rings. The number of benzene rings is 1. The van der Waals surface area contributed by atoms with Crippen LogP contribution in [0, 0.1) is 0 Å². The lowest BCUT2D eigenvalue weighted by molar-refractivity contribution is -0.137. The molecular weight excluding hydrogens is 350 g/mol. The summed E-state index contributed by atoms with van der Waals surface area (Å²) in [7, 11) is 7.49. The van der Waals surface area contributed by atoms with Crippen molar-refractivity contribution in [3.63, 3.8) is 0 Å². The first kappa shape index (κ1) is 20.4. The van der Waals surface area contributed by atoms with Crippen molar-refractivity contribution in [2.75, 3.05) is 35.5 Å². The zero-order chi connectivity index (χ0) is 20.3. The van der Waals surface area contributed by atoms with Crippen LogP contribution in [0.3, 0.4) is 0 Å². The van der Waals surface area contributed by atoms with Crippen molar-refractivity contribution in [3.8, 4) is 11.5 Å². The summed E-state index contributed by atoms with van der Waals surface area (Å²) in [6, 6.07) is 5.24. The van der Waals surface area contributed by atoms with Gasteiger partial charge in [-0.1, -0.05) is 0 Å². The molecule has 146 valence electrons. The number of hydrogen-bond donors (Lipinski definition) is 0. The fourth-order valence-corrected chi connectivity index (χ4v) is 3.30. The number of rotatable bonds is 5. The molecule has 1 aliphatic rings. The summed E-state index contributed by atoms with van der Waals surface area (Å²) < 4.78 is 20.9. The van der Waals surface area contributed by atoms with Crippen molar-refractivity contribution in [1.82, 2.24) is 4.90 Å². The van der Waals surface area contributed by atoms with Crippen LogP contribution < -0.4 is 9.47 Å². The summed E-state index contributed by atoms with van der Waals surface area (Å²) in [5.74, 6) is -0.667. The molecule has 0 radical (unpaired) electrons. The van der Waals surface area contributed by atoms with Gasteiger partial charge in [0.15, 0.2) is 0 Å². The number of carbonyl (C=O) groups excluding carboxylic acids is 2. The molecule has 7 nitrogen and oxygen atoms in total. The Morgan fingerprint density at radius 3 is 1.81 bits per heavy atom. The molecule has 0 aliphatic carbocycles. The Hall–Kier alpha value is -2.96. The molecule has 0 aromatic heterocycles. The normalized spacial score (nSPS) is 15.0. The second-order valence-corrected chi connectivity index (χ2v) is 6.08. The number of hydrogen-bond acceptors (Lipinski definition) is 7. The number of carbonyl (C=O) groups is 2. The first-order valence-electron chi connectivity index (χ1n) is 8.36. The summed E-state index contributed by atoms with van der Waals surface area (Å²) in [5, 5.41) is 0. The van der Waals surface area contributed by atoms with E-state index in [2.05, 4.69) is 0 Å². The van der Waals surface area contributed by atoms with Crippen molar-refractivity contribution in [1.29, 1.82) is 0 Å². The van der Waals surface area contributed by atoms with Crippen LogP contribution in [0.15, 0.2) is 40.7 Å². The molecule has 2 rings (SSSR count). The van der Waals surface area contributed by atoms with Gasteiger partial charge < -0.3 is 23.8 Å². The SMILES string of the molecule is COC(=O)C1=C(C)N(C)C(C)=C(C(=O)OC)C1c1cc(OC)ccc1OC. The monoisotopic (exact) mass is 375 g/mol. The number of esters is 2. The van der Waals surface area contributed by atoms with Crippen LogP contribution in [0.1, 0.15) is 25.3 Å². The average Bonchev–Trinajstić information content (AvgIpc) is 2.70. The third-order valence-electron chi connectivity index (χ3n) is 4.92. The molecule has 0 unspecified atom stereocenters. The number of ether oxygens (including phenoxy) is 4. The Labute approximate surface area is 159 Å². The molecule has 7 heteroatoms. The molecule has 0 spiro atoms. The summed E-state index contributed by atoms with van der Waals surface area (Å²) in [6.45, 7) is 3.62. The topological polar surface area (TPSA) is 74.3 Å². The minimum Gasteiger partial charge on any atom is -0.497 e. The van der Waals surface area contributed by atoms with Crippen LogP contribution in [0.2, 0.25) is 0 Å². The van der Waals surface area contributed by atoms with Crippen molar-refractivity contribution < 1.29 is 28.5 Å². The van der Waals surface area contributed by atoms with E-state index >= 15 is 0 Å². The lowest BCUT2D eigenvalue weighted by atomic mass is 9.79. The predicted molar refractivity (Wildman–Crippen MR) is 99.5 cm³/mol. The van der Waals surface area contributed by atoms with Gasteiger partial charge in [0.2, 0.25) is 0 Å². The van der Waals surface area contributed by atoms with E-state index in [1.165, 1.54) is 21.3 Å². The average molecular weight is 375 g/mol. The second kappa shape index (κ2) is 8.16. The second-order valence-electron chi connectivity index (χ2n) is 6.08. The third-order valence-corrected chi connectivity index (χ3v) is 4.92. The van der Waals surface area contributed by atoms with Crippen LogP contribution in [-0.4, -0.2) is 52.3 Å². The van der Waals surface area contributed by atoms with E-state index in [0.717, 1.165) is 0 Å². The molecule has 0 N–H and O–H groups in total. The van der Waals surface area contributed by atoms with Crippen LogP contribution in [0.4, 0.5) is 0 Å². The predicted octanol–water partition coefficient (Wildman–Crippen LogP) is 2.63. The highest BCUT2D eigenvalue weighted by Gasteiger charge is 2.40. The Bertz CT molecular complexity index is 784. The van der Waals surface area contributed by atoms with Gasteiger partial charge in [0.1, 0.15) is 11.5 Å². The molecular formula is C20H25NO6. The molecule has 1 aliphatic heterocycles. The molecule has 0 bridgehead atoms. The van der Waals surface area contributed by atoms with Gasteiger partial charge in [0.05, 0.1) is 45.5 Å². The molecule has 0 amide bonds. The van der Waals surface area contributed by atoms with Crippen molar-refractivity contribution in [3.05, 3.63) is 46.3 Å². The van der Waals surface area contributed by atoms with E-state index in [-0.39, 0.29) is 0 Å². The summed E-state index contributed by atoms with van der Waals surface area (Å²) >= 11 is 0. The van der Waals surface area contributed by atoms with Gasteiger partial charge in [-0.05, 0) is 32.0 Å². The zero-order valence-electron chi connectivity index (χ0n) is 16.7. The van der Waals surface area contributed by atoms with Gasteiger partial charge >= 0.3 is 11.9 Å². The van der Waals surface area contributed by atoms with Gasteiger partial charge in [0, 0.05) is 24.0 Å². The van der Waals surface area contributed by atoms with Crippen molar-refractivity contribution in [2.45, 2.75) is 19.8 Å². The third kappa shape index (κ3) is 3.49. The number of allylic oxidation sites excluding steroid dienone is 2. The van der Waals surface area contributed by atoms with Gasteiger partial charge in [-0.25, -0.2) is 9.59 Å². The van der Waals surface area contributed by atoms with E-state index in [1.807, 2.05) is 13.8 Å². The first-order chi connectivity index (χ1) is 12.8. The van der Waals surface area contributed by atoms with E-state index in [4.69, 9.17) is 18.9 Å². The molecule has 0 atom stereocenters. The highest BCUT2D eigenvalue weighted by Crippen LogP contribution is 2.45. The first-order valence-corrected chi connectivity index (χ1v) is 8.36. The van der Waals surface area contributed by atoms with E-state index in [1.54, 1.807) is 37.3 Å². The van der Waals surface area contributed by atoms with Gasteiger partial charge in [-0.15, -0.1) is 0 Å². The van der Waals surface area contributed by atoms with E-state index < -0.39 is 17.9 Å². The van der Waals surface area contributed by atoms with Crippen molar-refractivity contribution >= 4 is 11.9 Å². The molecule has 1 aromatic carbocycles. The maximum atomic E-state index is 12.7. The minimum absolute atomic E-state index is 0.345. The van der Waals surface area contributed by atoms with Crippen LogP contribution in [0.5, 0.6) is 11.5 Å². The van der Waals surface area contributed by atoms with E-state index in [0.29, 0.717) is 39.6 Å². The van der Waals surface area contributed by atoms with Crippen LogP contribution >= 0.6 is 0 Å². The molecule has 1 aromatic rings. The Kier molecular flexibility index (Phi) is 6.15. The molecule has 0 saturated carbocycles. The summed E-state index contributed by atoms with van der Waals surface area (Å²) in [5.41, 5.74) is 2.67. The lowest BCUT2D eigenvalue weighted by Gasteiger charge is -2.35. The van der Waals surface area contributed by atoms with Crippen LogP contribution in [-0.2, 0) is 19.1 Å². The summed E-state index contributed by atoms with van der Waals surface area (Å²) in [6.07, 6.45) is 0. The summed E-state index contributed by atoms with van der Waals surface area (Å²) in [4.78, 5) is 27.1. The Morgan fingerprint density at radius 1 is 0.889 bits per heavy atom. The largest absolute Gasteiger partial charge is 0.497 e. The van der Waals surface area contributed by atoms with Gasteiger partial charge in [-0.3, -0.25) is 0 Å². The molecule has 27 heavy (non-hydrogen) atoms. The Morgan fingerprint density at radius 2 is 1.41 bits per heavy atom. The van der Waals surface area contributed by atoms with Gasteiger partial charge in [-0.2, -0.15) is 0 Å². The number of methoxy groups -OCH3 is 4. The molecule has 1 heterocycles. The van der Waals surface area contributed by atoms with Crippen LogP contribution in [0.25, 0.3) is 0 Å². The van der Waals surface area contributed by atoms with Crippen molar-refractivity contribution in [2.24, 2.45) is 0 Å². The minimum atomic E-state index is -0.717.